The van der Waals surface area contributed by atoms with Gasteiger partial charge in [-0.15, -0.1) is 0 Å². The van der Waals surface area contributed by atoms with Gasteiger partial charge in [-0.3, -0.25) is 0 Å². The van der Waals surface area contributed by atoms with Gasteiger partial charge in [0, 0.05) is 16.1 Å². The first-order chi connectivity index (χ1) is 8.80. The maximum Gasteiger partial charge on any atom is 0.416 e. The molecule has 0 N–H and O–H groups in total. The first-order valence-electron chi connectivity index (χ1n) is 5.43. The fourth-order valence-corrected chi connectivity index (χ4v) is 2.19. The summed E-state index contributed by atoms with van der Waals surface area (Å²) in [7, 11) is 0. The van der Waals surface area contributed by atoms with Crippen LogP contribution < -0.4 is 0 Å². The predicted octanol–water partition coefficient (Wildman–Crippen LogP) is 5.47. The number of hydrogen-bond donors (Lipinski definition) is 0. The van der Waals surface area contributed by atoms with Gasteiger partial charge in [0.25, 0.3) is 0 Å². The molecule has 0 saturated heterocycles. The Morgan fingerprint density at radius 2 is 1.74 bits per heavy atom. The smallest absolute Gasteiger partial charge is 0.206 e. The summed E-state index contributed by atoms with van der Waals surface area (Å²) < 4.78 is 51.8. The van der Waals surface area contributed by atoms with Crippen LogP contribution in [0.25, 0.3) is 11.1 Å². The SMILES string of the molecule is Cc1cccc(Cl)c1-c1cc(C(F)(F)F)ccc1F. The fraction of sp³-hybridized carbons (Fsp3) is 0.143. The zero-order valence-corrected chi connectivity index (χ0v) is 10.6. The van der Waals surface area contributed by atoms with Crippen LogP contribution in [0.2, 0.25) is 5.02 Å². The van der Waals surface area contributed by atoms with Crippen LogP contribution in [0.15, 0.2) is 36.4 Å². The molecule has 5 heteroatoms. The van der Waals surface area contributed by atoms with Crippen molar-refractivity contribution in [2.75, 3.05) is 0 Å². The van der Waals surface area contributed by atoms with Gasteiger partial charge in [0.15, 0.2) is 0 Å². The Balaban J connectivity index is 2.69. The molecule has 0 aromatic heterocycles. The zero-order valence-electron chi connectivity index (χ0n) is 9.85. The first kappa shape index (κ1) is 13.9. The molecule has 0 fully saturated rings. The summed E-state index contributed by atoms with van der Waals surface area (Å²) in [4.78, 5) is 0. The molecule has 0 atom stereocenters. The number of aryl methyl sites for hydroxylation is 1. The van der Waals surface area contributed by atoms with E-state index in [1.165, 1.54) is 6.07 Å². The quantitative estimate of drug-likeness (QED) is 0.610. The van der Waals surface area contributed by atoms with Gasteiger partial charge in [0.2, 0.25) is 0 Å². The normalized spacial score (nSPS) is 11.7. The molecule has 0 spiro atoms. The van der Waals surface area contributed by atoms with E-state index < -0.39 is 17.6 Å². The first-order valence-corrected chi connectivity index (χ1v) is 5.80. The molecule has 0 unspecified atom stereocenters. The van der Waals surface area contributed by atoms with Crippen LogP contribution in [0.1, 0.15) is 11.1 Å². The molecule has 0 radical (unpaired) electrons. The Morgan fingerprint density at radius 1 is 1.05 bits per heavy atom. The van der Waals surface area contributed by atoms with Crippen LogP contribution in [-0.2, 0) is 6.18 Å². The van der Waals surface area contributed by atoms with Crippen molar-refractivity contribution in [2.24, 2.45) is 0 Å². The number of hydrogen-bond acceptors (Lipinski definition) is 0. The lowest BCUT2D eigenvalue weighted by atomic mass is 9.98. The van der Waals surface area contributed by atoms with E-state index in [1.54, 1.807) is 19.1 Å². The topological polar surface area (TPSA) is 0 Å². The number of benzene rings is 2. The van der Waals surface area contributed by atoms with Crippen LogP contribution in [0, 0.1) is 12.7 Å². The van der Waals surface area contributed by atoms with Crippen molar-refractivity contribution in [3.63, 3.8) is 0 Å². The highest BCUT2D eigenvalue weighted by molar-refractivity contribution is 6.33. The minimum atomic E-state index is -4.52. The third kappa shape index (κ3) is 2.73. The summed E-state index contributed by atoms with van der Waals surface area (Å²) in [6.07, 6.45) is -4.52. The second-order valence-electron chi connectivity index (χ2n) is 4.12. The lowest BCUT2D eigenvalue weighted by Crippen LogP contribution is -2.05. The van der Waals surface area contributed by atoms with Crippen LogP contribution in [-0.4, -0.2) is 0 Å². The third-order valence-electron chi connectivity index (χ3n) is 2.78. The van der Waals surface area contributed by atoms with Gasteiger partial charge in [0.05, 0.1) is 5.56 Å². The van der Waals surface area contributed by atoms with E-state index in [0.717, 1.165) is 12.1 Å². The van der Waals surface area contributed by atoms with Gasteiger partial charge in [-0.25, -0.2) is 4.39 Å². The largest absolute Gasteiger partial charge is 0.416 e. The van der Waals surface area contributed by atoms with E-state index in [2.05, 4.69) is 0 Å². The van der Waals surface area contributed by atoms with E-state index in [-0.39, 0.29) is 16.1 Å². The molecule has 0 aliphatic rings. The molecule has 2 aromatic carbocycles. The average Bonchev–Trinajstić information content (AvgIpc) is 2.29. The summed E-state index contributed by atoms with van der Waals surface area (Å²) in [5.41, 5.74) is -0.139. The molecule has 19 heavy (non-hydrogen) atoms. The second-order valence-corrected chi connectivity index (χ2v) is 4.53. The van der Waals surface area contributed by atoms with Crippen molar-refractivity contribution in [3.8, 4) is 11.1 Å². The van der Waals surface area contributed by atoms with Crippen molar-refractivity contribution in [1.82, 2.24) is 0 Å². The minimum absolute atomic E-state index is 0.141. The maximum absolute atomic E-state index is 13.8. The second kappa shape index (κ2) is 4.85. The molecular formula is C14H9ClF4. The molecule has 0 bridgehead atoms. The van der Waals surface area contributed by atoms with E-state index in [4.69, 9.17) is 11.6 Å². The summed E-state index contributed by atoms with van der Waals surface area (Å²) in [5.74, 6) is -0.732. The standard InChI is InChI=1S/C14H9ClF4/c1-8-3-2-4-11(15)13(8)10-7-9(14(17,18)19)5-6-12(10)16/h2-7H,1H3. The molecule has 100 valence electrons. The third-order valence-corrected chi connectivity index (χ3v) is 3.10. The summed E-state index contributed by atoms with van der Waals surface area (Å²) >= 11 is 5.95. The van der Waals surface area contributed by atoms with Gasteiger partial charge >= 0.3 is 6.18 Å². The van der Waals surface area contributed by atoms with E-state index >= 15 is 0 Å². The van der Waals surface area contributed by atoms with Crippen molar-refractivity contribution in [2.45, 2.75) is 13.1 Å². The Labute approximate surface area is 112 Å². The molecule has 2 aromatic rings. The molecule has 0 aliphatic carbocycles. The molecule has 0 saturated carbocycles. The zero-order chi connectivity index (χ0) is 14.2. The predicted molar refractivity (Wildman–Crippen MR) is 66.6 cm³/mol. The molecular weight excluding hydrogens is 280 g/mol. The highest BCUT2D eigenvalue weighted by atomic mass is 35.5. The summed E-state index contributed by atoms with van der Waals surface area (Å²) in [5, 5.41) is 0.221. The molecule has 0 aliphatic heterocycles. The van der Waals surface area contributed by atoms with Gasteiger partial charge in [-0.1, -0.05) is 23.7 Å². The summed E-state index contributed by atoms with van der Waals surface area (Å²) in [6.45, 7) is 1.67. The fourth-order valence-electron chi connectivity index (χ4n) is 1.87. The molecule has 0 nitrogen and oxygen atoms in total. The van der Waals surface area contributed by atoms with E-state index in [0.29, 0.717) is 11.6 Å². The average molecular weight is 289 g/mol. The van der Waals surface area contributed by atoms with Crippen LogP contribution >= 0.6 is 11.6 Å². The van der Waals surface area contributed by atoms with Gasteiger partial charge in [0.1, 0.15) is 5.82 Å². The minimum Gasteiger partial charge on any atom is -0.206 e. The Bertz CT molecular complexity index is 597. The van der Waals surface area contributed by atoms with E-state index in [1.807, 2.05) is 0 Å². The van der Waals surface area contributed by atoms with Crippen molar-refractivity contribution < 1.29 is 17.6 Å². The molecule has 0 amide bonds. The Kier molecular flexibility index (Phi) is 3.54. The highest BCUT2D eigenvalue weighted by Gasteiger charge is 2.31. The highest BCUT2D eigenvalue weighted by Crippen LogP contribution is 2.37. The van der Waals surface area contributed by atoms with E-state index in [9.17, 15) is 17.6 Å². The monoisotopic (exact) mass is 288 g/mol. The van der Waals surface area contributed by atoms with Crippen LogP contribution in [0.3, 0.4) is 0 Å². The van der Waals surface area contributed by atoms with Crippen molar-refractivity contribution in [3.05, 3.63) is 58.4 Å². The van der Waals surface area contributed by atoms with Crippen LogP contribution in [0.5, 0.6) is 0 Å². The van der Waals surface area contributed by atoms with Gasteiger partial charge in [-0.2, -0.15) is 13.2 Å². The molecule has 2 rings (SSSR count). The summed E-state index contributed by atoms with van der Waals surface area (Å²) in [6, 6.07) is 7.15. The van der Waals surface area contributed by atoms with Gasteiger partial charge < -0.3 is 0 Å². The number of rotatable bonds is 1. The number of halogens is 5. The molecule has 0 heterocycles. The lowest BCUT2D eigenvalue weighted by Gasteiger charge is -2.13. The Hall–Kier alpha value is -1.55. The lowest BCUT2D eigenvalue weighted by molar-refractivity contribution is -0.137. The van der Waals surface area contributed by atoms with Crippen LogP contribution in [0.4, 0.5) is 17.6 Å². The van der Waals surface area contributed by atoms with Crippen molar-refractivity contribution in [1.29, 1.82) is 0 Å². The van der Waals surface area contributed by atoms with Gasteiger partial charge in [-0.05, 0) is 36.8 Å². The van der Waals surface area contributed by atoms with Crippen molar-refractivity contribution >= 4 is 11.6 Å². The maximum atomic E-state index is 13.8. The number of alkyl halides is 3. The Morgan fingerprint density at radius 3 is 2.32 bits per heavy atom.